The maximum absolute atomic E-state index is 14.3. The number of hydrogen-bond acceptors (Lipinski definition) is 4. The third kappa shape index (κ3) is 3.78. The van der Waals surface area contributed by atoms with Gasteiger partial charge in [-0.1, -0.05) is 13.3 Å². The summed E-state index contributed by atoms with van der Waals surface area (Å²) in [5.74, 6) is 1.23. The summed E-state index contributed by atoms with van der Waals surface area (Å²) >= 11 is 0. The molecule has 6 heteroatoms. The van der Waals surface area contributed by atoms with Crippen molar-refractivity contribution in [3.05, 3.63) is 0 Å². The minimum absolute atomic E-state index is 0.0202. The molecule has 148 valence electrons. The summed E-state index contributed by atoms with van der Waals surface area (Å²) in [5.41, 5.74) is 3.56. The van der Waals surface area contributed by atoms with E-state index in [0.717, 1.165) is 25.8 Å². The van der Waals surface area contributed by atoms with E-state index in [-0.39, 0.29) is 30.0 Å². The fourth-order valence-corrected chi connectivity index (χ4v) is 5.91. The third-order valence-corrected chi connectivity index (χ3v) is 7.45. The lowest BCUT2D eigenvalue weighted by Crippen LogP contribution is -2.50. The minimum atomic E-state index is -0.744. The van der Waals surface area contributed by atoms with Crippen LogP contribution in [0.4, 0.5) is 4.39 Å². The number of rotatable bonds is 3. The van der Waals surface area contributed by atoms with Crippen LogP contribution in [0.2, 0.25) is 0 Å². The number of hydrogen-bond donors (Lipinski definition) is 3. The second-order valence-corrected chi connectivity index (χ2v) is 9.29. The minimum Gasteiger partial charge on any atom is -0.352 e. The van der Waals surface area contributed by atoms with E-state index in [0.29, 0.717) is 30.7 Å². The zero-order valence-electron chi connectivity index (χ0n) is 16.2. The molecule has 0 aromatic carbocycles. The number of carbonyl (C=O) groups is 1. The smallest absolute Gasteiger partial charge is 0.237 e. The van der Waals surface area contributed by atoms with Crippen molar-refractivity contribution in [2.45, 2.75) is 88.6 Å². The van der Waals surface area contributed by atoms with Gasteiger partial charge in [-0.3, -0.25) is 10.2 Å². The first kappa shape index (κ1) is 18.6. The summed E-state index contributed by atoms with van der Waals surface area (Å²) in [4.78, 5) is 12.8. The summed E-state index contributed by atoms with van der Waals surface area (Å²) < 4.78 is 14.3. The van der Waals surface area contributed by atoms with Crippen LogP contribution in [0.5, 0.6) is 0 Å². The van der Waals surface area contributed by atoms with Crippen molar-refractivity contribution in [3.8, 4) is 0 Å². The molecule has 4 rings (SSSR count). The lowest BCUT2D eigenvalue weighted by molar-refractivity contribution is -0.124. The molecular formula is C20H35FN4O. The highest BCUT2D eigenvalue weighted by Crippen LogP contribution is 2.39. The van der Waals surface area contributed by atoms with Crippen LogP contribution >= 0.6 is 0 Å². The molecule has 0 radical (unpaired) electrons. The molecule has 2 aliphatic carbocycles. The Morgan fingerprint density at radius 3 is 2.73 bits per heavy atom. The molecule has 2 saturated heterocycles. The number of amides is 1. The molecule has 0 aromatic rings. The number of nitrogens with one attached hydrogen (secondary N) is 3. The van der Waals surface area contributed by atoms with Crippen LogP contribution in [0, 0.1) is 17.8 Å². The Labute approximate surface area is 156 Å². The van der Waals surface area contributed by atoms with E-state index in [4.69, 9.17) is 0 Å². The normalized spacial score (nSPS) is 46.9. The standard InChI is InChI=1S/C20H35FN4O/c1-12-6-7-16(21)15-11-18(23-19(12)15)20(26)22-14-5-3-4-13(10-14)17-8-9-25(2)24-17/h12-19,23-24H,3-11H2,1-2H3,(H,22,26). The van der Waals surface area contributed by atoms with E-state index in [1.54, 1.807) is 0 Å². The van der Waals surface area contributed by atoms with Crippen molar-refractivity contribution in [2.24, 2.45) is 17.8 Å². The van der Waals surface area contributed by atoms with E-state index < -0.39 is 6.17 Å². The Balaban J connectivity index is 1.30. The highest BCUT2D eigenvalue weighted by Gasteiger charge is 2.46. The Kier molecular flexibility index (Phi) is 5.53. The summed E-state index contributed by atoms with van der Waals surface area (Å²) in [6.07, 6.45) is 7.28. The van der Waals surface area contributed by atoms with Gasteiger partial charge in [-0.25, -0.2) is 9.40 Å². The third-order valence-electron chi connectivity index (χ3n) is 7.45. The molecule has 0 bridgehead atoms. The molecule has 2 aliphatic heterocycles. The number of fused-ring (bicyclic) bond motifs is 1. The van der Waals surface area contributed by atoms with Crippen LogP contribution in [-0.2, 0) is 4.79 Å². The Morgan fingerprint density at radius 1 is 1.15 bits per heavy atom. The number of carbonyl (C=O) groups excluding carboxylic acids is 1. The Bertz CT molecular complexity index is 500. The van der Waals surface area contributed by atoms with Gasteiger partial charge in [0.25, 0.3) is 0 Å². The molecule has 1 amide bonds. The predicted octanol–water partition coefficient (Wildman–Crippen LogP) is 1.98. The van der Waals surface area contributed by atoms with E-state index in [1.165, 1.54) is 19.3 Å². The maximum Gasteiger partial charge on any atom is 0.237 e. The average Bonchev–Trinajstić information content (AvgIpc) is 3.26. The molecule has 26 heavy (non-hydrogen) atoms. The highest BCUT2D eigenvalue weighted by molar-refractivity contribution is 5.82. The summed E-state index contributed by atoms with van der Waals surface area (Å²) in [5, 5.41) is 8.95. The molecule has 5 nitrogen and oxygen atoms in total. The van der Waals surface area contributed by atoms with Gasteiger partial charge in [-0.05, 0) is 56.8 Å². The Hall–Kier alpha value is -0.720. The largest absolute Gasteiger partial charge is 0.352 e. The van der Waals surface area contributed by atoms with Crippen molar-refractivity contribution in [2.75, 3.05) is 13.6 Å². The maximum atomic E-state index is 14.3. The van der Waals surface area contributed by atoms with E-state index >= 15 is 0 Å². The molecule has 8 unspecified atom stereocenters. The summed E-state index contributed by atoms with van der Waals surface area (Å²) in [7, 11) is 2.10. The zero-order valence-corrected chi connectivity index (χ0v) is 16.2. The number of alkyl halides is 1. The monoisotopic (exact) mass is 366 g/mol. The molecule has 0 spiro atoms. The fraction of sp³-hybridized carbons (Fsp3) is 0.950. The van der Waals surface area contributed by atoms with E-state index in [1.807, 2.05) is 0 Å². The van der Waals surface area contributed by atoms with Gasteiger partial charge in [-0.2, -0.15) is 0 Å². The first-order valence-electron chi connectivity index (χ1n) is 10.7. The second-order valence-electron chi connectivity index (χ2n) is 9.29. The highest BCUT2D eigenvalue weighted by atomic mass is 19.1. The van der Waals surface area contributed by atoms with Gasteiger partial charge >= 0.3 is 0 Å². The van der Waals surface area contributed by atoms with Crippen molar-refractivity contribution >= 4 is 5.91 Å². The van der Waals surface area contributed by atoms with Crippen LogP contribution in [0.25, 0.3) is 0 Å². The van der Waals surface area contributed by atoms with Crippen LogP contribution in [0.1, 0.15) is 58.3 Å². The average molecular weight is 367 g/mol. The molecule has 2 saturated carbocycles. The van der Waals surface area contributed by atoms with Gasteiger partial charge in [-0.15, -0.1) is 0 Å². The van der Waals surface area contributed by atoms with E-state index in [2.05, 4.69) is 35.0 Å². The SMILES string of the molecule is CC1CCC(F)C2CC(C(=O)NC3CCCC(C4CCN(C)N4)C3)NC12. The van der Waals surface area contributed by atoms with Gasteiger partial charge in [0.2, 0.25) is 5.91 Å². The molecular weight excluding hydrogens is 331 g/mol. The molecule has 0 aromatic heterocycles. The van der Waals surface area contributed by atoms with Crippen molar-refractivity contribution in [1.29, 1.82) is 0 Å². The van der Waals surface area contributed by atoms with E-state index in [9.17, 15) is 9.18 Å². The van der Waals surface area contributed by atoms with Gasteiger partial charge in [0, 0.05) is 37.6 Å². The van der Waals surface area contributed by atoms with Gasteiger partial charge in [0.15, 0.2) is 0 Å². The Morgan fingerprint density at radius 2 is 2.00 bits per heavy atom. The lowest BCUT2D eigenvalue weighted by atomic mass is 9.77. The van der Waals surface area contributed by atoms with Crippen LogP contribution in [-0.4, -0.2) is 54.8 Å². The quantitative estimate of drug-likeness (QED) is 0.715. The van der Waals surface area contributed by atoms with Gasteiger partial charge in [0.1, 0.15) is 6.17 Å². The summed E-state index contributed by atoms with van der Waals surface area (Å²) in [6.45, 7) is 3.30. The van der Waals surface area contributed by atoms with Gasteiger partial charge in [0.05, 0.1) is 6.04 Å². The van der Waals surface area contributed by atoms with Gasteiger partial charge < -0.3 is 10.6 Å². The fourth-order valence-electron chi connectivity index (χ4n) is 5.91. The molecule has 3 N–H and O–H groups in total. The summed E-state index contributed by atoms with van der Waals surface area (Å²) in [6, 6.07) is 0.795. The van der Waals surface area contributed by atoms with Crippen LogP contribution in [0.15, 0.2) is 0 Å². The van der Waals surface area contributed by atoms with Crippen molar-refractivity contribution in [1.82, 2.24) is 21.1 Å². The molecule has 8 atom stereocenters. The van der Waals surface area contributed by atoms with Crippen molar-refractivity contribution in [3.63, 3.8) is 0 Å². The zero-order chi connectivity index (χ0) is 18.3. The lowest BCUT2D eigenvalue weighted by Gasteiger charge is -2.34. The van der Waals surface area contributed by atoms with Crippen LogP contribution in [0.3, 0.4) is 0 Å². The van der Waals surface area contributed by atoms with Crippen molar-refractivity contribution < 1.29 is 9.18 Å². The topological polar surface area (TPSA) is 56.4 Å². The second kappa shape index (κ2) is 7.72. The predicted molar refractivity (Wildman–Crippen MR) is 100 cm³/mol. The number of halogens is 1. The first-order chi connectivity index (χ1) is 12.5. The number of nitrogens with zero attached hydrogens (tertiary/aromatic N) is 1. The molecule has 4 aliphatic rings. The first-order valence-corrected chi connectivity index (χ1v) is 10.7. The molecule has 4 fully saturated rings. The number of hydrazine groups is 1. The molecule has 2 heterocycles. The van der Waals surface area contributed by atoms with Crippen LogP contribution < -0.4 is 16.1 Å².